The summed E-state index contributed by atoms with van der Waals surface area (Å²) in [5.74, 6) is 2.51. The maximum Gasteiger partial charge on any atom is 0.156 e. The molecule has 20 heavy (non-hydrogen) atoms. The first-order valence-corrected chi connectivity index (χ1v) is 7.25. The van der Waals surface area contributed by atoms with Crippen LogP contribution >= 0.6 is 0 Å². The van der Waals surface area contributed by atoms with Gasteiger partial charge in [0.1, 0.15) is 5.82 Å². The van der Waals surface area contributed by atoms with Gasteiger partial charge < -0.3 is 5.32 Å². The van der Waals surface area contributed by atoms with Crippen LogP contribution < -0.4 is 5.32 Å². The Kier molecular flexibility index (Phi) is 5.24. The molecule has 0 saturated heterocycles. The molecule has 0 atom stereocenters. The molecule has 2 heterocycles. The first kappa shape index (κ1) is 14.7. The zero-order valence-corrected chi connectivity index (χ0v) is 12.5. The van der Waals surface area contributed by atoms with Crippen molar-refractivity contribution >= 4 is 0 Å². The Hall–Kier alpha value is -1.75. The van der Waals surface area contributed by atoms with Crippen molar-refractivity contribution in [3.8, 4) is 5.82 Å². The summed E-state index contributed by atoms with van der Waals surface area (Å²) < 4.78 is 2.00. The lowest BCUT2D eigenvalue weighted by Gasteiger charge is -2.08. The predicted octanol–water partition coefficient (Wildman–Crippen LogP) is 2.36. The number of aromatic nitrogens is 4. The lowest BCUT2D eigenvalue weighted by molar-refractivity contribution is 0.547. The van der Waals surface area contributed by atoms with Gasteiger partial charge in [-0.05, 0) is 18.9 Å². The van der Waals surface area contributed by atoms with Gasteiger partial charge in [0.15, 0.2) is 5.82 Å². The van der Waals surface area contributed by atoms with Gasteiger partial charge >= 0.3 is 0 Å². The van der Waals surface area contributed by atoms with E-state index in [1.54, 1.807) is 0 Å². The Balaban J connectivity index is 2.02. The molecule has 2 rings (SSSR count). The molecule has 0 fully saturated rings. The summed E-state index contributed by atoms with van der Waals surface area (Å²) in [5, 5.41) is 3.37. The van der Waals surface area contributed by atoms with Gasteiger partial charge in [0.2, 0.25) is 0 Å². The molecule has 0 unspecified atom stereocenters. The number of rotatable bonds is 7. The van der Waals surface area contributed by atoms with Crippen molar-refractivity contribution < 1.29 is 0 Å². The topological polar surface area (TPSA) is 55.6 Å². The van der Waals surface area contributed by atoms with E-state index in [-0.39, 0.29) is 0 Å². The Morgan fingerprint density at radius 3 is 2.70 bits per heavy atom. The minimum absolute atomic E-state index is 0.643. The summed E-state index contributed by atoms with van der Waals surface area (Å²) in [5.41, 5.74) is 0.964. The summed E-state index contributed by atoms with van der Waals surface area (Å²) in [6.45, 7) is 8.28. The third kappa shape index (κ3) is 3.87. The molecule has 0 spiro atoms. The number of nitrogens with zero attached hydrogens (tertiary/aromatic N) is 4. The summed E-state index contributed by atoms with van der Waals surface area (Å²) >= 11 is 0. The maximum atomic E-state index is 4.48. The fraction of sp³-hybridized carbons (Fsp3) is 0.533. The molecular formula is C15H23N5. The minimum Gasteiger partial charge on any atom is -0.311 e. The van der Waals surface area contributed by atoms with E-state index < -0.39 is 0 Å². The van der Waals surface area contributed by atoms with Crippen molar-refractivity contribution in [1.29, 1.82) is 0 Å². The van der Waals surface area contributed by atoms with E-state index in [0.29, 0.717) is 5.92 Å². The summed E-state index contributed by atoms with van der Waals surface area (Å²) in [4.78, 5) is 13.3. The standard InChI is InChI=1S/C15H23N5/c1-4-5-14-17-6-7-20(14)15-11-18-13(10-19-15)9-16-8-12(2)3/h6-7,10-12,16H,4-5,8-9H2,1-3H3. The third-order valence-corrected chi connectivity index (χ3v) is 2.99. The van der Waals surface area contributed by atoms with E-state index in [2.05, 4.69) is 41.0 Å². The molecule has 0 amide bonds. The van der Waals surface area contributed by atoms with Crippen LogP contribution in [0.15, 0.2) is 24.8 Å². The van der Waals surface area contributed by atoms with E-state index in [1.807, 2.05) is 29.4 Å². The highest BCUT2D eigenvalue weighted by Crippen LogP contribution is 2.08. The molecule has 2 aromatic heterocycles. The van der Waals surface area contributed by atoms with E-state index >= 15 is 0 Å². The Labute approximate surface area is 120 Å². The van der Waals surface area contributed by atoms with Crippen LogP contribution in [0.3, 0.4) is 0 Å². The van der Waals surface area contributed by atoms with Crippen LogP contribution in [0.2, 0.25) is 0 Å². The van der Waals surface area contributed by atoms with Gasteiger partial charge in [-0.15, -0.1) is 0 Å². The summed E-state index contributed by atoms with van der Waals surface area (Å²) in [6.07, 6.45) is 9.41. The third-order valence-electron chi connectivity index (χ3n) is 2.99. The molecule has 0 aliphatic carbocycles. The van der Waals surface area contributed by atoms with Crippen LogP contribution in [-0.2, 0) is 13.0 Å². The van der Waals surface area contributed by atoms with Gasteiger partial charge in [-0.25, -0.2) is 9.97 Å². The van der Waals surface area contributed by atoms with Crippen LogP contribution in [0.4, 0.5) is 0 Å². The SMILES string of the molecule is CCCc1nccn1-c1cnc(CNCC(C)C)cn1. The van der Waals surface area contributed by atoms with Gasteiger partial charge in [-0.3, -0.25) is 9.55 Å². The molecular weight excluding hydrogens is 250 g/mol. The van der Waals surface area contributed by atoms with E-state index in [9.17, 15) is 0 Å². The van der Waals surface area contributed by atoms with Crippen molar-refractivity contribution in [1.82, 2.24) is 24.8 Å². The van der Waals surface area contributed by atoms with Crippen LogP contribution in [0.5, 0.6) is 0 Å². The van der Waals surface area contributed by atoms with Crippen molar-refractivity contribution in [2.24, 2.45) is 5.92 Å². The fourth-order valence-electron chi connectivity index (χ4n) is 2.00. The van der Waals surface area contributed by atoms with Crippen molar-refractivity contribution in [3.63, 3.8) is 0 Å². The number of hydrogen-bond donors (Lipinski definition) is 1. The second-order valence-corrected chi connectivity index (χ2v) is 5.35. The van der Waals surface area contributed by atoms with Crippen LogP contribution in [-0.4, -0.2) is 26.1 Å². The average molecular weight is 273 g/mol. The van der Waals surface area contributed by atoms with Crippen LogP contribution in [0.1, 0.15) is 38.7 Å². The molecule has 0 aliphatic rings. The molecule has 1 N–H and O–H groups in total. The number of hydrogen-bond acceptors (Lipinski definition) is 4. The lowest BCUT2D eigenvalue weighted by atomic mass is 10.2. The molecule has 0 saturated carbocycles. The highest BCUT2D eigenvalue weighted by Gasteiger charge is 2.06. The van der Waals surface area contributed by atoms with Gasteiger partial charge in [-0.2, -0.15) is 0 Å². The van der Waals surface area contributed by atoms with Crippen LogP contribution in [0, 0.1) is 5.92 Å². The zero-order chi connectivity index (χ0) is 14.4. The molecule has 5 nitrogen and oxygen atoms in total. The lowest BCUT2D eigenvalue weighted by Crippen LogP contribution is -2.19. The molecule has 0 aliphatic heterocycles. The number of aryl methyl sites for hydroxylation is 1. The largest absolute Gasteiger partial charge is 0.311 e. The van der Waals surface area contributed by atoms with Gasteiger partial charge in [0.25, 0.3) is 0 Å². The zero-order valence-electron chi connectivity index (χ0n) is 12.5. The maximum absolute atomic E-state index is 4.48. The highest BCUT2D eigenvalue weighted by molar-refractivity contribution is 5.22. The van der Waals surface area contributed by atoms with E-state index in [0.717, 1.165) is 43.3 Å². The van der Waals surface area contributed by atoms with Gasteiger partial charge in [0, 0.05) is 25.4 Å². The predicted molar refractivity (Wildman–Crippen MR) is 79.7 cm³/mol. The van der Waals surface area contributed by atoms with Crippen molar-refractivity contribution in [2.75, 3.05) is 6.54 Å². The Bertz CT molecular complexity index is 515. The van der Waals surface area contributed by atoms with Crippen molar-refractivity contribution in [2.45, 2.75) is 40.2 Å². The van der Waals surface area contributed by atoms with Crippen LogP contribution in [0.25, 0.3) is 5.82 Å². The van der Waals surface area contributed by atoms with E-state index in [4.69, 9.17) is 0 Å². The molecule has 5 heteroatoms. The summed E-state index contributed by atoms with van der Waals surface area (Å²) in [7, 11) is 0. The Morgan fingerprint density at radius 1 is 1.20 bits per heavy atom. The first-order chi connectivity index (χ1) is 9.70. The second-order valence-electron chi connectivity index (χ2n) is 5.35. The average Bonchev–Trinajstić information content (AvgIpc) is 2.88. The molecule has 0 aromatic carbocycles. The minimum atomic E-state index is 0.643. The van der Waals surface area contributed by atoms with Gasteiger partial charge in [0.05, 0.1) is 18.1 Å². The number of imidazole rings is 1. The smallest absolute Gasteiger partial charge is 0.156 e. The summed E-state index contributed by atoms with van der Waals surface area (Å²) in [6, 6.07) is 0. The monoisotopic (exact) mass is 273 g/mol. The normalized spacial score (nSPS) is 11.2. The molecule has 2 aromatic rings. The Morgan fingerprint density at radius 2 is 2.05 bits per heavy atom. The molecule has 0 radical (unpaired) electrons. The highest BCUT2D eigenvalue weighted by atomic mass is 15.1. The van der Waals surface area contributed by atoms with E-state index in [1.165, 1.54) is 0 Å². The van der Waals surface area contributed by atoms with Crippen molar-refractivity contribution in [3.05, 3.63) is 36.3 Å². The number of nitrogens with one attached hydrogen (secondary N) is 1. The molecule has 108 valence electrons. The second kappa shape index (κ2) is 7.14. The molecule has 0 bridgehead atoms. The first-order valence-electron chi connectivity index (χ1n) is 7.25. The van der Waals surface area contributed by atoms with Gasteiger partial charge in [-0.1, -0.05) is 20.8 Å². The fourth-order valence-corrected chi connectivity index (χ4v) is 2.00. The quantitative estimate of drug-likeness (QED) is 0.841.